The Morgan fingerprint density at radius 3 is 1.91 bits per heavy atom. The molecule has 1 atom stereocenters. The summed E-state index contributed by atoms with van der Waals surface area (Å²) in [6.45, 7) is 0. The van der Waals surface area contributed by atoms with Crippen LogP contribution < -0.4 is 0 Å². The van der Waals surface area contributed by atoms with Crippen molar-refractivity contribution < 1.29 is 0 Å². The molecule has 1 nitrogen and oxygen atoms in total. The number of hydrogen-bond acceptors (Lipinski definition) is 2. The molecule has 0 spiro atoms. The van der Waals surface area contributed by atoms with Crippen molar-refractivity contribution >= 4 is 33.3 Å². The summed E-state index contributed by atoms with van der Waals surface area (Å²) in [4.78, 5) is 6.62. The minimum atomic E-state index is 0.472. The minimum Gasteiger partial charge on any atom is -0.247 e. The summed E-state index contributed by atoms with van der Waals surface area (Å²) in [6, 6.07) is 70.6. The molecule has 2 heteroatoms. The second-order valence-corrected chi connectivity index (χ2v) is 15.1. The molecule has 9 aromatic rings. The van der Waals surface area contributed by atoms with E-state index in [0.717, 1.165) is 34.3 Å². The maximum absolute atomic E-state index is 5.23. The summed E-state index contributed by atoms with van der Waals surface area (Å²) in [5.41, 5.74) is 14.4. The number of hydrogen-bond donors (Lipinski definition) is 0. The van der Waals surface area contributed by atoms with Gasteiger partial charge in [-0.05, 0) is 85.3 Å². The van der Waals surface area contributed by atoms with Gasteiger partial charge in [0.1, 0.15) is 0 Å². The highest BCUT2D eigenvalue weighted by Gasteiger charge is 2.24. The van der Waals surface area contributed by atoms with Crippen LogP contribution >= 0.6 is 11.8 Å². The predicted octanol–water partition coefficient (Wildman–Crippen LogP) is 14.1. The van der Waals surface area contributed by atoms with Gasteiger partial charge in [0, 0.05) is 26.7 Å². The van der Waals surface area contributed by atoms with Crippen molar-refractivity contribution in [2.24, 2.45) is 0 Å². The fraction of sp³-hybridized carbons (Fsp3) is 0.0392. The van der Waals surface area contributed by atoms with E-state index in [2.05, 4.69) is 194 Å². The number of rotatable bonds is 6. The molecule has 0 saturated carbocycles. The lowest BCUT2D eigenvalue weighted by Gasteiger charge is -2.16. The normalized spacial score (nSPS) is 13.7. The molecule has 2 heterocycles. The molecular formula is C51H35NS. The van der Waals surface area contributed by atoms with Gasteiger partial charge in [0.05, 0.1) is 11.4 Å². The lowest BCUT2D eigenvalue weighted by molar-refractivity contribution is 0.950. The lowest BCUT2D eigenvalue weighted by Crippen LogP contribution is -1.92. The Morgan fingerprint density at radius 1 is 0.434 bits per heavy atom. The number of thioether (sulfide) groups is 1. The molecule has 0 radical (unpaired) electrons. The van der Waals surface area contributed by atoms with Gasteiger partial charge in [0.25, 0.3) is 0 Å². The Hall–Kier alpha value is -6.22. The highest BCUT2D eigenvalue weighted by Crippen LogP contribution is 2.48. The fourth-order valence-electron chi connectivity index (χ4n) is 7.92. The molecule has 1 aliphatic heterocycles. The topological polar surface area (TPSA) is 12.9 Å². The molecule has 0 bridgehead atoms. The van der Waals surface area contributed by atoms with Gasteiger partial charge in [-0.1, -0.05) is 176 Å². The number of benzene rings is 8. The first kappa shape index (κ1) is 31.5. The number of fused-ring (bicyclic) bond motifs is 3. The van der Waals surface area contributed by atoms with Crippen molar-refractivity contribution in [1.82, 2.24) is 4.98 Å². The summed E-state index contributed by atoms with van der Waals surface area (Å²) in [7, 11) is 0. The van der Waals surface area contributed by atoms with Gasteiger partial charge in [0.2, 0.25) is 0 Å². The first-order chi connectivity index (χ1) is 26.2. The van der Waals surface area contributed by atoms with Crippen LogP contribution in [0.25, 0.3) is 77.4 Å². The van der Waals surface area contributed by atoms with Crippen molar-refractivity contribution in [2.45, 2.75) is 16.6 Å². The molecule has 53 heavy (non-hydrogen) atoms. The van der Waals surface area contributed by atoms with Gasteiger partial charge < -0.3 is 0 Å². The van der Waals surface area contributed by atoms with Crippen LogP contribution in [0.3, 0.4) is 0 Å². The molecule has 1 aromatic heterocycles. The first-order valence-electron chi connectivity index (χ1n) is 18.3. The van der Waals surface area contributed by atoms with Crippen LogP contribution in [0.2, 0.25) is 0 Å². The van der Waals surface area contributed by atoms with Gasteiger partial charge >= 0.3 is 0 Å². The fourth-order valence-corrected chi connectivity index (χ4v) is 9.28. The standard InChI is InChI=1S/C51H35NS/c1-3-13-36(14-4-1)47-31-41-17-8-10-21-46(41)51(52-47)38-24-22-35(23-25-38)45-29-28-34-12-7-9-20-44(34)50(45)43-19-11-18-39(30-43)40-26-27-42-33-48(53-49(42)32-40)37-15-5-2-6-16-37/h1-32,48H,33H2. The highest BCUT2D eigenvalue weighted by atomic mass is 32.2. The van der Waals surface area contributed by atoms with Crippen LogP contribution in [0.5, 0.6) is 0 Å². The van der Waals surface area contributed by atoms with Gasteiger partial charge in [0.15, 0.2) is 0 Å². The molecular weight excluding hydrogens is 659 g/mol. The second kappa shape index (κ2) is 13.4. The molecule has 8 aromatic carbocycles. The number of nitrogens with zero attached hydrogens (tertiary/aromatic N) is 1. The third kappa shape index (κ3) is 5.92. The van der Waals surface area contributed by atoms with Crippen LogP contribution in [-0.4, -0.2) is 4.98 Å². The van der Waals surface area contributed by atoms with Crippen LogP contribution in [0.1, 0.15) is 16.4 Å². The monoisotopic (exact) mass is 693 g/mol. The Kier molecular flexibility index (Phi) is 7.96. The van der Waals surface area contributed by atoms with Crippen molar-refractivity contribution in [3.63, 3.8) is 0 Å². The van der Waals surface area contributed by atoms with Crippen molar-refractivity contribution in [2.75, 3.05) is 0 Å². The van der Waals surface area contributed by atoms with Crippen LogP contribution in [-0.2, 0) is 6.42 Å². The second-order valence-electron chi connectivity index (χ2n) is 13.9. The predicted molar refractivity (Wildman–Crippen MR) is 225 cm³/mol. The zero-order chi connectivity index (χ0) is 35.1. The molecule has 0 N–H and O–H groups in total. The summed E-state index contributed by atoms with van der Waals surface area (Å²) >= 11 is 2.00. The Labute approximate surface area is 314 Å². The van der Waals surface area contributed by atoms with E-state index >= 15 is 0 Å². The smallest absolute Gasteiger partial charge is 0.0787 e. The third-order valence-corrected chi connectivity index (χ3v) is 12.0. The van der Waals surface area contributed by atoms with Gasteiger partial charge in [-0.2, -0.15) is 0 Å². The van der Waals surface area contributed by atoms with Crippen molar-refractivity contribution in [3.8, 4) is 55.9 Å². The average Bonchev–Trinajstić information content (AvgIpc) is 3.68. The third-order valence-electron chi connectivity index (χ3n) is 10.6. The van der Waals surface area contributed by atoms with Crippen molar-refractivity contribution in [1.29, 1.82) is 0 Å². The molecule has 250 valence electrons. The summed E-state index contributed by atoms with van der Waals surface area (Å²) in [5.74, 6) is 0. The Bertz CT molecular complexity index is 2770. The molecule has 1 aliphatic rings. The SMILES string of the molecule is c1ccc(-c2cc3ccccc3c(-c3ccc(-c4ccc5ccccc5c4-c4cccc(-c5ccc6c(c5)SC(c5ccccc5)C6)c4)cc3)n2)cc1. The van der Waals surface area contributed by atoms with E-state index in [1.165, 1.54) is 65.6 Å². The van der Waals surface area contributed by atoms with Crippen molar-refractivity contribution in [3.05, 3.63) is 205 Å². The molecule has 0 aliphatic carbocycles. The molecule has 0 amide bonds. The van der Waals surface area contributed by atoms with Crippen LogP contribution in [0.15, 0.2) is 199 Å². The first-order valence-corrected chi connectivity index (χ1v) is 19.2. The highest BCUT2D eigenvalue weighted by molar-refractivity contribution is 7.99. The van der Waals surface area contributed by atoms with Gasteiger partial charge in [-0.15, -0.1) is 11.8 Å². The lowest BCUT2D eigenvalue weighted by atomic mass is 9.88. The minimum absolute atomic E-state index is 0.472. The summed E-state index contributed by atoms with van der Waals surface area (Å²) in [5, 5.41) is 5.31. The van der Waals surface area contributed by atoms with Gasteiger partial charge in [-0.25, -0.2) is 4.98 Å². The zero-order valence-electron chi connectivity index (χ0n) is 29.1. The largest absolute Gasteiger partial charge is 0.247 e. The molecule has 1 unspecified atom stereocenters. The van der Waals surface area contributed by atoms with E-state index in [-0.39, 0.29) is 0 Å². The Morgan fingerprint density at radius 2 is 1.08 bits per heavy atom. The van der Waals surface area contributed by atoms with E-state index in [1.54, 1.807) is 0 Å². The maximum atomic E-state index is 5.23. The average molecular weight is 694 g/mol. The summed E-state index contributed by atoms with van der Waals surface area (Å²) in [6.07, 6.45) is 1.08. The molecule has 0 saturated heterocycles. The van der Waals surface area contributed by atoms with E-state index in [9.17, 15) is 0 Å². The van der Waals surface area contributed by atoms with Crippen LogP contribution in [0, 0.1) is 0 Å². The van der Waals surface area contributed by atoms with Gasteiger partial charge in [-0.3, -0.25) is 0 Å². The van der Waals surface area contributed by atoms with Crippen LogP contribution in [0.4, 0.5) is 0 Å². The maximum Gasteiger partial charge on any atom is 0.0787 e. The Balaban J connectivity index is 1.04. The van der Waals surface area contributed by atoms with E-state index in [1.807, 2.05) is 11.8 Å². The summed E-state index contributed by atoms with van der Waals surface area (Å²) < 4.78 is 0. The zero-order valence-corrected chi connectivity index (χ0v) is 29.9. The molecule has 0 fully saturated rings. The van der Waals surface area contributed by atoms with E-state index in [4.69, 9.17) is 4.98 Å². The van der Waals surface area contributed by atoms with E-state index in [0.29, 0.717) is 5.25 Å². The quantitative estimate of drug-likeness (QED) is 0.172. The number of aromatic nitrogens is 1. The van der Waals surface area contributed by atoms with E-state index < -0.39 is 0 Å². The number of pyridine rings is 1. The molecule has 10 rings (SSSR count).